The molecular formula is C74H131Cl4F3O18Si9. The van der Waals surface area contributed by atoms with Crippen LogP contribution in [0.15, 0.2) is 121 Å². The molecule has 0 aliphatic rings. The Hall–Kier alpha value is -1.72. The van der Waals surface area contributed by atoms with Crippen molar-refractivity contribution < 1.29 is 95.1 Å². The van der Waals surface area contributed by atoms with Crippen LogP contribution in [-0.2, 0) is 115 Å². The van der Waals surface area contributed by atoms with E-state index < -0.39 is 108 Å². The van der Waals surface area contributed by atoms with Crippen LogP contribution >= 0.6 is 46.4 Å². The van der Waals surface area contributed by atoms with E-state index >= 15 is 0 Å². The normalized spacial score (nSPS) is 13.9. The number of hydrogen-bond acceptors (Lipinski definition) is 18. The molecule has 6 N–H and O–H groups in total. The zero-order valence-electron chi connectivity index (χ0n) is 66.9. The highest BCUT2D eigenvalue weighted by Crippen LogP contribution is 2.34. The van der Waals surface area contributed by atoms with Gasteiger partial charge in [-0.3, -0.25) is 0 Å². The Kier molecular flexibility index (Phi) is 51.2. The highest BCUT2D eigenvalue weighted by molar-refractivity contribution is 6.86. The predicted molar refractivity (Wildman–Crippen MR) is 454 cm³/mol. The van der Waals surface area contributed by atoms with Crippen LogP contribution in [0.1, 0.15) is 117 Å². The van der Waals surface area contributed by atoms with Crippen LogP contribution in [0.4, 0.5) is 13.2 Å². The monoisotopic (exact) mass is 1760 g/mol. The van der Waals surface area contributed by atoms with Crippen LogP contribution in [-0.4, -0.2) is 151 Å². The fourth-order valence-corrected chi connectivity index (χ4v) is 45.7. The third-order valence-electron chi connectivity index (χ3n) is 14.6. The van der Waals surface area contributed by atoms with Crippen molar-refractivity contribution in [2.45, 2.75) is 265 Å². The number of aliphatic hydroxyl groups excluding tert-OH is 4. The molecule has 18 nitrogen and oxygen atoms in total. The maximum atomic E-state index is 13.3. The SMILES string of the molecule is C.CC(O)CO.CC(O)COCc1ccc(CO[Si](C)(C)O[Si](C)(CCC(F)(F)F)O[Si](C)(C)OCc2ccc(COCC(C)O)cc2)cc1.CCC[Si](C)(O[Si](C)(C)O)O[Si](C)(C)O.CCC[Si](C)(O[Si](C)(C)OCc1ccc(CCl)cc1)O[Si](C)(C)OCc1ccc(CCl)cc1.ClCc1ccc(CCl)cc1. The minimum absolute atomic E-state index is 0. The molecule has 0 aliphatic heterocycles. The van der Waals surface area contributed by atoms with E-state index in [9.17, 15) is 33.0 Å². The molecular weight excluding hydrogens is 1630 g/mol. The van der Waals surface area contributed by atoms with E-state index in [0.717, 1.165) is 80.6 Å². The first-order valence-corrected chi connectivity index (χ1v) is 62.9. The molecule has 3 unspecified atom stereocenters. The molecule has 0 spiro atoms. The lowest BCUT2D eigenvalue weighted by Gasteiger charge is -2.40. The molecule has 0 saturated carbocycles. The second kappa shape index (κ2) is 52.1. The van der Waals surface area contributed by atoms with Gasteiger partial charge >= 0.3 is 83.2 Å². The van der Waals surface area contributed by atoms with Gasteiger partial charge in [-0.2, -0.15) is 13.2 Å². The number of hydrogen-bond donors (Lipinski definition) is 6. The predicted octanol–water partition coefficient (Wildman–Crippen LogP) is 19.5. The molecule has 108 heavy (non-hydrogen) atoms. The average molecular weight is 1760 g/mol. The van der Waals surface area contributed by atoms with E-state index in [2.05, 4.69) is 70.8 Å². The van der Waals surface area contributed by atoms with E-state index in [0.29, 0.717) is 49.9 Å². The van der Waals surface area contributed by atoms with Crippen LogP contribution in [0, 0.1) is 0 Å². The lowest BCUT2D eigenvalue weighted by Crippen LogP contribution is -2.56. The topological polar surface area (TPSA) is 232 Å². The summed E-state index contributed by atoms with van der Waals surface area (Å²) in [7, 11) is -24.1. The Morgan fingerprint density at radius 2 is 0.537 bits per heavy atom. The van der Waals surface area contributed by atoms with E-state index in [4.69, 9.17) is 108 Å². The van der Waals surface area contributed by atoms with Crippen molar-refractivity contribution in [3.8, 4) is 0 Å². The fourth-order valence-electron chi connectivity index (χ4n) is 10.3. The van der Waals surface area contributed by atoms with E-state index in [-0.39, 0.29) is 46.5 Å². The van der Waals surface area contributed by atoms with Crippen LogP contribution < -0.4 is 0 Å². The molecule has 5 rings (SSSR count). The van der Waals surface area contributed by atoms with Gasteiger partial charge in [-0.05, 0) is 193 Å². The summed E-state index contributed by atoms with van der Waals surface area (Å²) in [5.74, 6) is 2.18. The molecule has 0 heterocycles. The van der Waals surface area contributed by atoms with Crippen molar-refractivity contribution in [2.75, 3.05) is 19.8 Å². The lowest BCUT2D eigenvalue weighted by atomic mass is 10.1. The largest absolute Gasteiger partial charge is 0.415 e. The Bertz CT molecular complexity index is 2970. The van der Waals surface area contributed by atoms with Gasteiger partial charge in [0.2, 0.25) is 0 Å². The third-order valence-corrected chi connectivity index (χ3v) is 45.4. The van der Waals surface area contributed by atoms with Crippen molar-refractivity contribution in [1.29, 1.82) is 0 Å². The molecule has 0 amide bonds. The molecule has 0 radical (unpaired) electrons. The highest BCUT2D eigenvalue weighted by Gasteiger charge is 2.48. The molecule has 5 aromatic rings. The quantitative estimate of drug-likeness (QED) is 0.0157. The summed E-state index contributed by atoms with van der Waals surface area (Å²) in [6, 6.07) is 41.0. The average Bonchev–Trinajstić information content (AvgIpc) is 0.830. The highest BCUT2D eigenvalue weighted by atomic mass is 35.5. The molecule has 3 atom stereocenters. The van der Waals surface area contributed by atoms with Gasteiger partial charge in [0.1, 0.15) is 0 Å². The van der Waals surface area contributed by atoms with Gasteiger partial charge in [-0.1, -0.05) is 155 Å². The van der Waals surface area contributed by atoms with Crippen LogP contribution in [0.5, 0.6) is 0 Å². The second-order valence-electron chi connectivity index (χ2n) is 29.7. The Labute approximate surface area is 675 Å². The lowest BCUT2D eigenvalue weighted by molar-refractivity contribution is -0.131. The van der Waals surface area contributed by atoms with Crippen LogP contribution in [0.2, 0.25) is 116 Å². The first-order chi connectivity index (χ1) is 49.5. The van der Waals surface area contributed by atoms with E-state index in [1.54, 1.807) is 46.6 Å². The summed E-state index contributed by atoms with van der Waals surface area (Å²) in [6.45, 7) is 40.0. The summed E-state index contributed by atoms with van der Waals surface area (Å²) in [5.41, 5.74) is 10.4. The van der Waals surface area contributed by atoms with Crippen LogP contribution in [0.25, 0.3) is 0 Å². The number of benzene rings is 5. The van der Waals surface area contributed by atoms with Crippen molar-refractivity contribution in [3.63, 3.8) is 0 Å². The fraction of sp³-hybridized carbons (Fsp3) is 0.595. The van der Waals surface area contributed by atoms with E-state index in [1.165, 1.54) is 6.92 Å². The number of ether oxygens (including phenoxy) is 2. The van der Waals surface area contributed by atoms with Crippen molar-refractivity contribution in [3.05, 3.63) is 177 Å². The molecule has 0 aliphatic carbocycles. The van der Waals surface area contributed by atoms with Gasteiger partial charge in [0.05, 0.1) is 77.8 Å². The molecule has 0 bridgehead atoms. The van der Waals surface area contributed by atoms with Gasteiger partial charge < -0.3 is 81.9 Å². The van der Waals surface area contributed by atoms with Crippen LogP contribution in [0.3, 0.4) is 0 Å². The summed E-state index contributed by atoms with van der Waals surface area (Å²) in [6.07, 6.45) is -5.04. The van der Waals surface area contributed by atoms with E-state index in [1.807, 2.05) is 130 Å². The summed E-state index contributed by atoms with van der Waals surface area (Å²) < 4.78 is 113. The second-order valence-corrected chi connectivity index (χ2v) is 62.1. The molecule has 34 heteroatoms. The Morgan fingerprint density at radius 3 is 0.713 bits per heavy atom. The molecule has 620 valence electrons. The van der Waals surface area contributed by atoms with Gasteiger partial charge in [0.15, 0.2) is 0 Å². The Balaban J connectivity index is 0.00000155. The summed E-state index contributed by atoms with van der Waals surface area (Å²) in [5, 5.41) is 34.7. The van der Waals surface area contributed by atoms with Crippen molar-refractivity contribution >= 4 is 123 Å². The van der Waals surface area contributed by atoms with Gasteiger partial charge in [0, 0.05) is 29.9 Å². The van der Waals surface area contributed by atoms with Gasteiger partial charge in [-0.15, -0.1) is 46.4 Å². The number of alkyl halides is 7. The maximum absolute atomic E-state index is 13.3. The van der Waals surface area contributed by atoms with Crippen molar-refractivity contribution in [1.82, 2.24) is 0 Å². The van der Waals surface area contributed by atoms with Gasteiger partial charge in [-0.25, -0.2) is 0 Å². The van der Waals surface area contributed by atoms with Crippen molar-refractivity contribution in [2.24, 2.45) is 0 Å². The Morgan fingerprint density at radius 1 is 0.343 bits per heavy atom. The number of halogens is 7. The zero-order valence-corrected chi connectivity index (χ0v) is 79.0. The standard InChI is InChI=1S/C30H49F3O8Si3.C24H38Cl2O4Si3.C8H8Cl2.C8H24O4Si3.C3H8O2.CH4/c1-24(34)18-36-20-26-8-12-28(13-9-26)22-38-42(3,4)40-44(7,17-16-30(31,32)33)41-43(5,6)39-23-29-14-10-27(11-15-29)21-37-19-25(2)35;1-7-16-33(6,29-31(2,3)27-19-23-12-8-21(17-25)9-13-23)30-32(4,5)28-20-24-14-10-22(18-26)11-15-24;9-5-7-1-2-8(6-10)4-3-7;1-7-8-15(6,11-13(2,3)9)12-14(4,5)10;1-3(5)2-4;/h8-15,24-25,34-35H,16-23H2,1-7H3;8-15H,7,16-20H2,1-6H3;1-4H,5-6H2;9-10H,7-8H2,1-6H3;3-5H,2H2,1H3;1H4. The summed E-state index contributed by atoms with van der Waals surface area (Å²) >= 11 is 23.0. The molecule has 0 saturated heterocycles. The first kappa shape index (κ1) is 106. The molecule has 5 aromatic carbocycles. The van der Waals surface area contributed by atoms with Gasteiger partial charge in [0.25, 0.3) is 0 Å². The zero-order chi connectivity index (χ0) is 81.6. The summed E-state index contributed by atoms with van der Waals surface area (Å²) in [4.78, 5) is 19.6. The smallest absolute Gasteiger partial charge is 0.389 e. The third kappa shape index (κ3) is 52.7. The number of rotatable bonds is 43. The maximum Gasteiger partial charge on any atom is 0.389 e. The molecule has 0 aromatic heterocycles. The minimum atomic E-state index is -4.35. The minimum Gasteiger partial charge on any atom is -0.415 e. The number of aliphatic hydroxyl groups is 4. The molecule has 0 fully saturated rings. The first-order valence-electron chi connectivity index (χ1n) is 36.2.